The molecule has 156 valence electrons. The quantitative estimate of drug-likeness (QED) is 0.526. The molecule has 30 heavy (non-hydrogen) atoms. The average molecular weight is 434 g/mol. The first-order chi connectivity index (χ1) is 14.2. The molecule has 1 unspecified atom stereocenters. The topological polar surface area (TPSA) is 52.6 Å². The third-order valence-corrected chi connectivity index (χ3v) is 6.07. The molecule has 8 heteroatoms. The number of benzene rings is 3. The molecule has 0 saturated carbocycles. The Kier molecular flexibility index (Phi) is 5.29. The van der Waals surface area contributed by atoms with Crippen LogP contribution in [-0.2, 0) is 26.9 Å². The molecule has 1 aliphatic rings. The van der Waals surface area contributed by atoms with E-state index in [0.29, 0.717) is 23.3 Å². The molecule has 0 bridgehead atoms. The van der Waals surface area contributed by atoms with E-state index in [1.54, 1.807) is 42.5 Å². The van der Waals surface area contributed by atoms with Gasteiger partial charge in [0.1, 0.15) is 18.5 Å². The number of halogens is 3. The molecule has 0 radical (unpaired) electrons. The Morgan fingerprint density at radius 2 is 1.70 bits per heavy atom. The Morgan fingerprint density at radius 1 is 0.967 bits per heavy atom. The first-order valence-corrected chi connectivity index (χ1v) is 10.6. The van der Waals surface area contributed by atoms with E-state index >= 15 is 0 Å². The van der Waals surface area contributed by atoms with Crippen LogP contribution in [0.5, 0.6) is 5.75 Å². The van der Waals surface area contributed by atoms with Crippen LogP contribution in [0.3, 0.4) is 0 Å². The highest BCUT2D eigenvalue weighted by molar-refractivity contribution is 7.86. The van der Waals surface area contributed by atoms with Gasteiger partial charge in [0.05, 0.1) is 10.5 Å². The lowest BCUT2D eigenvalue weighted by molar-refractivity contribution is -0.137. The molecule has 0 N–H and O–H groups in total. The highest BCUT2D eigenvalue weighted by atomic mass is 32.2. The molecule has 1 aliphatic heterocycles. The highest BCUT2D eigenvalue weighted by Crippen LogP contribution is 2.40. The second-order valence-corrected chi connectivity index (χ2v) is 8.48. The summed E-state index contributed by atoms with van der Waals surface area (Å²) in [5.74, 6) is 0.447. The van der Waals surface area contributed by atoms with E-state index in [0.717, 1.165) is 17.7 Å². The third-order valence-electron chi connectivity index (χ3n) is 4.77. The fourth-order valence-corrected chi connectivity index (χ4v) is 4.30. The second-order valence-electron chi connectivity index (χ2n) is 6.87. The molecule has 0 aliphatic carbocycles. The molecule has 0 saturated heterocycles. The van der Waals surface area contributed by atoms with Gasteiger partial charge >= 0.3 is 6.18 Å². The van der Waals surface area contributed by atoms with Gasteiger partial charge in [-0.2, -0.15) is 21.6 Å². The molecule has 0 amide bonds. The van der Waals surface area contributed by atoms with Gasteiger partial charge < -0.3 is 4.74 Å². The summed E-state index contributed by atoms with van der Waals surface area (Å²) in [5, 5.41) is 0. The van der Waals surface area contributed by atoms with E-state index in [4.69, 9.17) is 8.92 Å². The molecule has 0 fully saturated rings. The number of hydrogen-bond acceptors (Lipinski definition) is 4. The van der Waals surface area contributed by atoms with Gasteiger partial charge in [-0.1, -0.05) is 48.5 Å². The first kappa shape index (κ1) is 20.4. The monoisotopic (exact) mass is 434 g/mol. The summed E-state index contributed by atoms with van der Waals surface area (Å²) < 4.78 is 74.8. The minimum Gasteiger partial charge on any atom is -0.487 e. The zero-order valence-electron chi connectivity index (χ0n) is 15.6. The fraction of sp³-hybridized carbons (Fsp3) is 0.182. The maximum absolute atomic E-state index is 13.1. The molecule has 0 spiro atoms. The predicted molar refractivity (Wildman–Crippen MR) is 105 cm³/mol. The molecule has 1 heterocycles. The van der Waals surface area contributed by atoms with Crippen molar-refractivity contribution in [3.63, 3.8) is 0 Å². The van der Waals surface area contributed by atoms with Gasteiger partial charge in [-0.25, -0.2) is 0 Å². The minimum atomic E-state index is -4.45. The molecule has 3 aromatic carbocycles. The summed E-state index contributed by atoms with van der Waals surface area (Å²) in [6, 6.07) is 18.0. The van der Waals surface area contributed by atoms with Crippen molar-refractivity contribution < 1.29 is 30.5 Å². The Morgan fingerprint density at radius 3 is 2.43 bits per heavy atom. The zero-order valence-corrected chi connectivity index (χ0v) is 16.4. The van der Waals surface area contributed by atoms with Gasteiger partial charge in [-0.05, 0) is 35.4 Å². The normalized spacial score (nSPS) is 16.2. The van der Waals surface area contributed by atoms with Crippen LogP contribution in [0.15, 0.2) is 77.7 Å². The SMILES string of the molecule is O=S(=O)(OCC1Cc2cccc(-c3cccc(C(F)(F)F)c3)c2O1)c1ccccc1. The minimum absolute atomic E-state index is 0.0464. The maximum atomic E-state index is 13.1. The summed E-state index contributed by atoms with van der Waals surface area (Å²) in [6.45, 7) is -0.200. The molecule has 0 aromatic heterocycles. The van der Waals surface area contributed by atoms with Gasteiger partial charge in [0.15, 0.2) is 0 Å². The van der Waals surface area contributed by atoms with Crippen molar-refractivity contribution in [2.75, 3.05) is 6.61 Å². The number of hydrogen-bond donors (Lipinski definition) is 0. The van der Waals surface area contributed by atoms with E-state index in [1.807, 2.05) is 0 Å². The number of ether oxygens (including phenoxy) is 1. The van der Waals surface area contributed by atoms with Crippen LogP contribution in [0.4, 0.5) is 13.2 Å². The lowest BCUT2D eigenvalue weighted by Gasteiger charge is -2.14. The molecular weight excluding hydrogens is 417 g/mol. The van der Waals surface area contributed by atoms with Crippen LogP contribution in [0.2, 0.25) is 0 Å². The van der Waals surface area contributed by atoms with Crippen LogP contribution >= 0.6 is 0 Å². The van der Waals surface area contributed by atoms with Crippen molar-refractivity contribution >= 4 is 10.1 Å². The van der Waals surface area contributed by atoms with Crippen LogP contribution < -0.4 is 4.74 Å². The maximum Gasteiger partial charge on any atom is 0.416 e. The Balaban J connectivity index is 1.53. The summed E-state index contributed by atoms with van der Waals surface area (Å²) >= 11 is 0. The summed E-state index contributed by atoms with van der Waals surface area (Å²) in [4.78, 5) is 0.0464. The first-order valence-electron chi connectivity index (χ1n) is 9.15. The van der Waals surface area contributed by atoms with Crippen molar-refractivity contribution in [3.05, 3.63) is 83.9 Å². The van der Waals surface area contributed by atoms with E-state index in [1.165, 1.54) is 18.2 Å². The van der Waals surface area contributed by atoms with Crippen LogP contribution in [-0.4, -0.2) is 21.1 Å². The standard InChI is InChI=1S/C22H17F3O4S/c23-22(24,25)17-8-4-6-15(12-17)20-11-5-7-16-13-18(29-21(16)20)14-28-30(26,27)19-9-2-1-3-10-19/h1-12,18H,13-14H2. The smallest absolute Gasteiger partial charge is 0.416 e. The Hall–Kier alpha value is -2.84. The summed E-state index contributed by atoms with van der Waals surface area (Å²) in [5.41, 5.74) is 0.937. The van der Waals surface area contributed by atoms with E-state index in [2.05, 4.69) is 0 Å². The second kappa shape index (κ2) is 7.77. The van der Waals surface area contributed by atoms with E-state index < -0.39 is 28.0 Å². The van der Waals surface area contributed by atoms with Crippen molar-refractivity contribution in [3.8, 4) is 16.9 Å². The van der Waals surface area contributed by atoms with Crippen molar-refractivity contribution in [1.82, 2.24) is 0 Å². The predicted octanol–water partition coefficient (Wildman–Crippen LogP) is 5.08. The fourth-order valence-electron chi connectivity index (χ4n) is 3.34. The molecular formula is C22H17F3O4S. The summed E-state index contributed by atoms with van der Waals surface area (Å²) in [6.07, 6.45) is -4.62. The Labute approximate surface area is 172 Å². The average Bonchev–Trinajstić information content (AvgIpc) is 3.16. The number of para-hydroxylation sites is 1. The number of fused-ring (bicyclic) bond motifs is 1. The molecule has 1 atom stereocenters. The van der Waals surface area contributed by atoms with Crippen molar-refractivity contribution in [2.45, 2.75) is 23.6 Å². The number of rotatable bonds is 5. The molecule has 4 rings (SSSR count). The largest absolute Gasteiger partial charge is 0.487 e. The number of alkyl halides is 3. The van der Waals surface area contributed by atoms with Crippen molar-refractivity contribution in [2.24, 2.45) is 0 Å². The summed E-state index contributed by atoms with van der Waals surface area (Å²) in [7, 11) is -3.92. The molecule has 4 nitrogen and oxygen atoms in total. The Bertz CT molecular complexity index is 1160. The van der Waals surface area contributed by atoms with Gasteiger partial charge in [0.2, 0.25) is 0 Å². The van der Waals surface area contributed by atoms with Crippen LogP contribution in [0.1, 0.15) is 11.1 Å². The highest BCUT2D eigenvalue weighted by Gasteiger charge is 2.32. The van der Waals surface area contributed by atoms with Gasteiger partial charge in [0.25, 0.3) is 10.1 Å². The molecule has 3 aromatic rings. The van der Waals surface area contributed by atoms with Gasteiger partial charge in [-0.15, -0.1) is 0 Å². The van der Waals surface area contributed by atoms with Crippen LogP contribution in [0, 0.1) is 0 Å². The van der Waals surface area contributed by atoms with Gasteiger partial charge in [0, 0.05) is 12.0 Å². The van der Waals surface area contributed by atoms with Crippen molar-refractivity contribution in [1.29, 1.82) is 0 Å². The van der Waals surface area contributed by atoms with Crippen LogP contribution in [0.25, 0.3) is 11.1 Å². The zero-order chi connectivity index (χ0) is 21.4. The third kappa shape index (κ3) is 4.20. The lowest BCUT2D eigenvalue weighted by atomic mass is 9.99. The lowest BCUT2D eigenvalue weighted by Crippen LogP contribution is -2.23. The van der Waals surface area contributed by atoms with E-state index in [-0.39, 0.29) is 11.5 Å². The van der Waals surface area contributed by atoms with E-state index in [9.17, 15) is 21.6 Å². The van der Waals surface area contributed by atoms with Gasteiger partial charge in [-0.3, -0.25) is 4.18 Å².